The maximum absolute atomic E-state index is 13.1. The van der Waals surface area contributed by atoms with Crippen molar-refractivity contribution in [2.45, 2.75) is 37.5 Å². The highest BCUT2D eigenvalue weighted by Crippen LogP contribution is 2.26. The lowest BCUT2D eigenvalue weighted by atomic mass is 10.0. The van der Waals surface area contributed by atoms with Crippen LogP contribution in [0.3, 0.4) is 0 Å². The Bertz CT molecular complexity index is 1020. The number of hydrogen-bond acceptors (Lipinski definition) is 5. The minimum absolute atomic E-state index is 0.279. The van der Waals surface area contributed by atoms with Gasteiger partial charge in [0.05, 0.1) is 11.8 Å². The van der Waals surface area contributed by atoms with Crippen LogP contribution < -0.4 is 15.5 Å². The second-order valence-corrected chi connectivity index (χ2v) is 7.61. The van der Waals surface area contributed by atoms with E-state index in [1.807, 2.05) is 11.0 Å². The van der Waals surface area contributed by atoms with Crippen molar-refractivity contribution in [3.63, 3.8) is 0 Å². The highest BCUT2D eigenvalue weighted by molar-refractivity contribution is 5.87. The lowest BCUT2D eigenvalue weighted by Gasteiger charge is -2.35. The van der Waals surface area contributed by atoms with Crippen molar-refractivity contribution in [3.8, 4) is 0 Å². The van der Waals surface area contributed by atoms with Crippen molar-refractivity contribution < 1.29 is 18.0 Å². The molecule has 4 rings (SSSR count). The first-order valence-corrected chi connectivity index (χ1v) is 10.1. The summed E-state index contributed by atoms with van der Waals surface area (Å²) in [6.45, 7) is 1.21. The number of nitrogens with one attached hydrogen (secondary N) is 3. The molecule has 3 heterocycles. The van der Waals surface area contributed by atoms with Crippen molar-refractivity contribution in [2.24, 2.45) is 0 Å². The number of amides is 1. The summed E-state index contributed by atoms with van der Waals surface area (Å²) in [5, 5.41) is 6.40. The van der Waals surface area contributed by atoms with Gasteiger partial charge in [-0.15, -0.1) is 0 Å². The van der Waals surface area contributed by atoms with E-state index in [2.05, 4.69) is 25.6 Å². The van der Waals surface area contributed by atoms with E-state index in [9.17, 15) is 18.0 Å². The molecule has 0 bridgehead atoms. The first kappa shape index (κ1) is 21.0. The van der Waals surface area contributed by atoms with Crippen molar-refractivity contribution in [1.82, 2.24) is 20.3 Å². The standard InChI is InChI=1S/C21H23F3N6O/c22-21(23,24)11-17(28-14-5-2-1-3-6-14)20(31)29-15-7-4-10-30(12-15)19-16-8-9-25-18(16)26-13-27-19/h1-3,5-6,8-9,13,15,17,28H,4,7,10-12H2,(H,29,31)(H,25,26,27)/t15-,17?/m1/s1. The molecular weight excluding hydrogens is 409 g/mol. The van der Waals surface area contributed by atoms with Gasteiger partial charge in [-0.2, -0.15) is 13.2 Å². The minimum atomic E-state index is -4.47. The van der Waals surface area contributed by atoms with Crippen LogP contribution in [-0.4, -0.2) is 52.2 Å². The third-order valence-electron chi connectivity index (χ3n) is 5.27. The lowest BCUT2D eigenvalue weighted by molar-refractivity contribution is -0.146. The molecular formula is C21H23F3N6O. The summed E-state index contributed by atoms with van der Waals surface area (Å²) in [6, 6.07) is 8.63. The quantitative estimate of drug-likeness (QED) is 0.555. The number of rotatable bonds is 6. The van der Waals surface area contributed by atoms with Gasteiger partial charge in [0.1, 0.15) is 23.8 Å². The number of anilines is 2. The zero-order chi connectivity index (χ0) is 21.8. The van der Waals surface area contributed by atoms with Gasteiger partial charge in [-0.05, 0) is 31.0 Å². The van der Waals surface area contributed by atoms with Crippen LogP contribution >= 0.6 is 0 Å². The first-order chi connectivity index (χ1) is 14.9. The fourth-order valence-corrected chi connectivity index (χ4v) is 3.88. The fraction of sp³-hybridized carbons (Fsp3) is 0.381. The maximum atomic E-state index is 13.1. The van der Waals surface area contributed by atoms with Crippen molar-refractivity contribution in [2.75, 3.05) is 23.3 Å². The smallest absolute Gasteiger partial charge is 0.373 e. The highest BCUT2D eigenvalue weighted by atomic mass is 19.4. The Labute approximate surface area is 177 Å². The molecule has 164 valence electrons. The number of para-hydroxylation sites is 1. The van der Waals surface area contributed by atoms with Crippen LogP contribution in [0.25, 0.3) is 11.0 Å². The molecule has 1 amide bonds. The van der Waals surface area contributed by atoms with E-state index >= 15 is 0 Å². The van der Waals surface area contributed by atoms with E-state index in [1.165, 1.54) is 6.33 Å². The average molecular weight is 432 g/mol. The molecule has 0 spiro atoms. The Hall–Kier alpha value is -3.30. The number of fused-ring (bicyclic) bond motifs is 1. The van der Waals surface area contributed by atoms with Crippen molar-refractivity contribution in [1.29, 1.82) is 0 Å². The van der Waals surface area contributed by atoms with Crippen LogP contribution in [0.1, 0.15) is 19.3 Å². The average Bonchev–Trinajstić information content (AvgIpc) is 3.22. The number of carbonyl (C=O) groups excluding carboxylic acids is 1. The summed E-state index contributed by atoms with van der Waals surface area (Å²) < 4.78 is 39.3. The van der Waals surface area contributed by atoms with E-state index in [1.54, 1.807) is 36.5 Å². The molecule has 1 aromatic carbocycles. The summed E-state index contributed by atoms with van der Waals surface area (Å²) in [4.78, 5) is 26.4. The summed E-state index contributed by atoms with van der Waals surface area (Å²) in [5.74, 6) is 0.0851. The van der Waals surface area contributed by atoms with Gasteiger partial charge in [-0.1, -0.05) is 18.2 Å². The predicted octanol–water partition coefficient (Wildman–Crippen LogP) is 3.48. The van der Waals surface area contributed by atoms with E-state index in [4.69, 9.17) is 0 Å². The zero-order valence-corrected chi connectivity index (χ0v) is 16.7. The van der Waals surface area contributed by atoms with Gasteiger partial charge in [0, 0.05) is 31.0 Å². The van der Waals surface area contributed by atoms with Crippen LogP contribution in [0.5, 0.6) is 0 Å². The highest BCUT2D eigenvalue weighted by Gasteiger charge is 2.36. The van der Waals surface area contributed by atoms with Gasteiger partial charge in [-0.25, -0.2) is 9.97 Å². The molecule has 2 atom stereocenters. The Balaban J connectivity index is 1.45. The molecule has 2 aromatic heterocycles. The van der Waals surface area contributed by atoms with Gasteiger partial charge in [0.2, 0.25) is 5.91 Å². The lowest BCUT2D eigenvalue weighted by Crippen LogP contribution is -2.52. The second-order valence-electron chi connectivity index (χ2n) is 7.61. The fourth-order valence-electron chi connectivity index (χ4n) is 3.88. The molecule has 1 aliphatic rings. The molecule has 10 heteroatoms. The summed E-state index contributed by atoms with van der Waals surface area (Å²) in [7, 11) is 0. The molecule has 31 heavy (non-hydrogen) atoms. The number of nitrogens with zero attached hydrogens (tertiary/aromatic N) is 3. The topological polar surface area (TPSA) is 85.9 Å². The van der Waals surface area contributed by atoms with E-state index in [0.717, 1.165) is 24.2 Å². The third kappa shape index (κ3) is 5.25. The number of carbonyl (C=O) groups is 1. The van der Waals surface area contributed by atoms with Gasteiger partial charge in [-0.3, -0.25) is 4.79 Å². The zero-order valence-electron chi connectivity index (χ0n) is 16.7. The molecule has 1 saturated heterocycles. The third-order valence-corrected chi connectivity index (χ3v) is 5.27. The minimum Gasteiger partial charge on any atom is -0.373 e. The number of alkyl halides is 3. The van der Waals surface area contributed by atoms with E-state index < -0.39 is 24.5 Å². The molecule has 1 fully saturated rings. The van der Waals surface area contributed by atoms with Gasteiger partial charge in [0.25, 0.3) is 0 Å². The number of hydrogen-bond donors (Lipinski definition) is 3. The molecule has 3 aromatic rings. The number of H-pyrrole nitrogens is 1. The van der Waals surface area contributed by atoms with Gasteiger partial charge < -0.3 is 20.5 Å². The number of piperidine rings is 1. The largest absolute Gasteiger partial charge is 0.391 e. The number of benzene rings is 1. The Morgan fingerprint density at radius 2 is 2.03 bits per heavy atom. The Morgan fingerprint density at radius 3 is 2.81 bits per heavy atom. The summed E-state index contributed by atoms with van der Waals surface area (Å²) >= 11 is 0. The molecule has 1 aliphatic heterocycles. The maximum Gasteiger partial charge on any atom is 0.391 e. The summed E-state index contributed by atoms with van der Waals surface area (Å²) in [5.41, 5.74) is 1.18. The van der Waals surface area contributed by atoms with E-state index in [0.29, 0.717) is 24.3 Å². The SMILES string of the molecule is O=C(N[C@@H]1CCCN(c2ncnc3[nH]ccc23)C1)C(CC(F)(F)F)Nc1ccccc1. The predicted molar refractivity (Wildman–Crippen MR) is 112 cm³/mol. The normalized spacial score (nSPS) is 18.0. The number of aromatic amines is 1. The molecule has 0 saturated carbocycles. The van der Waals surface area contributed by atoms with Crippen LogP contribution in [0.4, 0.5) is 24.7 Å². The molecule has 0 radical (unpaired) electrons. The Morgan fingerprint density at radius 1 is 1.23 bits per heavy atom. The van der Waals surface area contributed by atoms with Crippen LogP contribution in [0.2, 0.25) is 0 Å². The molecule has 3 N–H and O–H groups in total. The van der Waals surface area contributed by atoms with Gasteiger partial charge >= 0.3 is 6.18 Å². The Kier molecular flexibility index (Phi) is 5.97. The first-order valence-electron chi connectivity index (χ1n) is 10.1. The van der Waals surface area contributed by atoms with Gasteiger partial charge in [0.15, 0.2) is 0 Å². The number of halogens is 3. The molecule has 1 unspecified atom stereocenters. The van der Waals surface area contributed by atoms with Crippen LogP contribution in [0, 0.1) is 0 Å². The van der Waals surface area contributed by atoms with Crippen LogP contribution in [-0.2, 0) is 4.79 Å². The van der Waals surface area contributed by atoms with Crippen molar-refractivity contribution in [3.05, 3.63) is 48.9 Å². The number of aromatic nitrogens is 3. The second kappa shape index (κ2) is 8.83. The molecule has 7 nitrogen and oxygen atoms in total. The summed E-state index contributed by atoms with van der Waals surface area (Å²) in [6.07, 6.45) is -0.990. The van der Waals surface area contributed by atoms with E-state index in [-0.39, 0.29) is 6.04 Å². The molecule has 0 aliphatic carbocycles. The monoisotopic (exact) mass is 432 g/mol. The van der Waals surface area contributed by atoms with Crippen LogP contribution in [0.15, 0.2) is 48.9 Å². The van der Waals surface area contributed by atoms with Crippen molar-refractivity contribution >= 4 is 28.4 Å².